The number of carboxylic acids is 1. The van der Waals surface area contributed by atoms with E-state index < -0.39 is 12.0 Å². The monoisotopic (exact) mass is 412 g/mol. The number of nitrogens with one attached hydrogen (secondary N) is 2. The Morgan fingerprint density at radius 3 is 2.66 bits per heavy atom. The molecule has 0 spiro atoms. The summed E-state index contributed by atoms with van der Waals surface area (Å²) in [5.41, 5.74) is 2.18. The van der Waals surface area contributed by atoms with Gasteiger partial charge in [0.05, 0.1) is 5.39 Å². The number of carbonyl (C=O) groups is 2. The summed E-state index contributed by atoms with van der Waals surface area (Å²) < 4.78 is 0. The average molecular weight is 413 g/mol. The fourth-order valence-corrected chi connectivity index (χ4v) is 4.25. The summed E-state index contributed by atoms with van der Waals surface area (Å²) in [6, 6.07) is 9.23. The van der Waals surface area contributed by atoms with Gasteiger partial charge in [-0.1, -0.05) is 43.7 Å². The number of hydrogen-bond acceptors (Lipinski definition) is 6. The third-order valence-electron chi connectivity index (χ3n) is 4.58. The summed E-state index contributed by atoms with van der Waals surface area (Å²) >= 11 is 1.61. The molecular weight excluding hydrogens is 388 g/mol. The zero-order chi connectivity index (χ0) is 20.8. The molecule has 1 atom stereocenters. The first-order chi connectivity index (χ1) is 14.0. The molecule has 3 aromatic rings. The van der Waals surface area contributed by atoms with Crippen LogP contribution in [-0.2, 0) is 9.59 Å². The number of aromatic nitrogens is 2. The van der Waals surface area contributed by atoms with E-state index in [1.165, 1.54) is 6.33 Å². The van der Waals surface area contributed by atoms with Crippen LogP contribution in [0.15, 0.2) is 36.7 Å². The molecule has 0 saturated heterocycles. The quantitative estimate of drug-likeness (QED) is 0.493. The third-order valence-corrected chi connectivity index (χ3v) is 5.60. The number of fused-ring (bicyclic) bond motifs is 1. The third kappa shape index (κ3) is 4.89. The Bertz CT molecular complexity index is 1000. The van der Waals surface area contributed by atoms with Crippen molar-refractivity contribution in [1.29, 1.82) is 0 Å². The van der Waals surface area contributed by atoms with Crippen molar-refractivity contribution >= 4 is 39.2 Å². The molecule has 0 fully saturated rings. The summed E-state index contributed by atoms with van der Waals surface area (Å²) in [5, 5.41) is 15.9. The van der Waals surface area contributed by atoms with Crippen LogP contribution in [0, 0.1) is 6.92 Å². The number of carboxylic acid groups (broad SMARTS) is 1. The highest BCUT2D eigenvalue weighted by Crippen LogP contribution is 2.40. The van der Waals surface area contributed by atoms with Crippen molar-refractivity contribution in [1.82, 2.24) is 15.3 Å². The highest BCUT2D eigenvalue weighted by atomic mass is 32.1. The van der Waals surface area contributed by atoms with Gasteiger partial charge in [0, 0.05) is 23.4 Å². The van der Waals surface area contributed by atoms with Gasteiger partial charge in [-0.25, -0.2) is 14.8 Å². The first-order valence-corrected chi connectivity index (χ1v) is 10.4. The molecule has 0 bridgehead atoms. The maximum atomic E-state index is 12.1. The molecule has 7 nitrogen and oxygen atoms in total. The van der Waals surface area contributed by atoms with Gasteiger partial charge in [0.1, 0.15) is 23.0 Å². The smallest absolute Gasteiger partial charge is 0.326 e. The number of thiophene rings is 1. The summed E-state index contributed by atoms with van der Waals surface area (Å²) in [6.45, 7) is 4.29. The van der Waals surface area contributed by atoms with Gasteiger partial charge < -0.3 is 15.7 Å². The molecule has 0 aliphatic rings. The number of hydrogen-bond donors (Lipinski definition) is 3. The molecule has 2 heterocycles. The second kappa shape index (κ2) is 9.47. The highest BCUT2D eigenvalue weighted by Gasteiger charge is 2.19. The molecule has 29 heavy (non-hydrogen) atoms. The number of aryl methyl sites for hydroxylation is 1. The standard InChI is InChI=1S/C21H24N4O3S/c1-3-7-15(21(27)28)25-16(26)10-11-22-19-18-17(14-8-5-4-6-9-14)13(2)29-20(18)24-12-23-19/h4-6,8-9,12,15H,3,7,10-11H2,1-2H3,(H,25,26)(H,27,28)(H,22,23,24). The SMILES string of the molecule is CCCC(NC(=O)CCNc1ncnc2sc(C)c(-c3ccccc3)c12)C(=O)O. The van der Waals surface area contributed by atoms with E-state index in [1.807, 2.05) is 25.1 Å². The van der Waals surface area contributed by atoms with Gasteiger partial charge in [-0.3, -0.25) is 4.79 Å². The maximum Gasteiger partial charge on any atom is 0.326 e. The summed E-state index contributed by atoms with van der Waals surface area (Å²) in [5.74, 6) is -0.630. The lowest BCUT2D eigenvalue weighted by atomic mass is 10.0. The number of rotatable bonds is 9. The van der Waals surface area contributed by atoms with Gasteiger partial charge in [0.25, 0.3) is 0 Å². The summed E-state index contributed by atoms with van der Waals surface area (Å²) in [7, 11) is 0. The molecule has 1 amide bonds. The van der Waals surface area contributed by atoms with Crippen molar-refractivity contribution in [2.24, 2.45) is 0 Å². The predicted octanol–water partition coefficient (Wildman–Crippen LogP) is 3.84. The number of carbonyl (C=O) groups excluding carboxylic acids is 1. The van der Waals surface area contributed by atoms with E-state index in [2.05, 4.69) is 39.7 Å². The maximum absolute atomic E-state index is 12.1. The Kier molecular flexibility index (Phi) is 6.77. The van der Waals surface area contributed by atoms with Gasteiger partial charge in [-0.2, -0.15) is 0 Å². The van der Waals surface area contributed by atoms with Crippen LogP contribution in [0.1, 0.15) is 31.1 Å². The molecule has 3 N–H and O–H groups in total. The molecule has 8 heteroatoms. The number of amides is 1. The molecule has 3 rings (SSSR count). The predicted molar refractivity (Wildman–Crippen MR) is 115 cm³/mol. The van der Waals surface area contributed by atoms with Crippen LogP contribution in [0.3, 0.4) is 0 Å². The van der Waals surface area contributed by atoms with E-state index in [0.717, 1.165) is 26.2 Å². The van der Waals surface area contributed by atoms with E-state index in [9.17, 15) is 9.59 Å². The van der Waals surface area contributed by atoms with Crippen LogP contribution in [0.2, 0.25) is 0 Å². The van der Waals surface area contributed by atoms with Crippen LogP contribution >= 0.6 is 11.3 Å². The topological polar surface area (TPSA) is 104 Å². The van der Waals surface area contributed by atoms with E-state index in [-0.39, 0.29) is 12.3 Å². The number of aliphatic carboxylic acids is 1. The van der Waals surface area contributed by atoms with E-state index >= 15 is 0 Å². The normalized spacial score (nSPS) is 11.9. The molecule has 1 unspecified atom stereocenters. The molecule has 0 saturated carbocycles. The van der Waals surface area contributed by atoms with Gasteiger partial charge in [0.15, 0.2) is 0 Å². The minimum Gasteiger partial charge on any atom is -0.480 e. The zero-order valence-corrected chi connectivity index (χ0v) is 17.3. The van der Waals surface area contributed by atoms with Crippen LogP contribution in [-0.4, -0.2) is 39.5 Å². The van der Waals surface area contributed by atoms with Crippen molar-refractivity contribution in [2.75, 3.05) is 11.9 Å². The van der Waals surface area contributed by atoms with E-state index in [4.69, 9.17) is 5.11 Å². The van der Waals surface area contributed by atoms with Gasteiger partial charge in [-0.05, 0) is 18.9 Å². The lowest BCUT2D eigenvalue weighted by Gasteiger charge is -2.14. The first kappa shape index (κ1) is 20.7. The Hall–Kier alpha value is -3.00. The fraction of sp³-hybridized carbons (Fsp3) is 0.333. The summed E-state index contributed by atoms with van der Waals surface area (Å²) in [6.07, 6.45) is 2.77. The summed E-state index contributed by atoms with van der Waals surface area (Å²) in [4.78, 5) is 34.1. The highest BCUT2D eigenvalue weighted by molar-refractivity contribution is 7.19. The molecule has 0 aliphatic carbocycles. The van der Waals surface area contributed by atoms with Crippen LogP contribution in [0.25, 0.3) is 21.3 Å². The van der Waals surface area contributed by atoms with Crippen LogP contribution in [0.5, 0.6) is 0 Å². The Morgan fingerprint density at radius 1 is 1.21 bits per heavy atom. The Morgan fingerprint density at radius 2 is 1.97 bits per heavy atom. The van der Waals surface area contributed by atoms with E-state index in [1.54, 1.807) is 11.3 Å². The van der Waals surface area contributed by atoms with Crippen molar-refractivity contribution in [3.8, 4) is 11.1 Å². The fourth-order valence-electron chi connectivity index (χ4n) is 3.24. The Labute approximate surface area is 173 Å². The van der Waals surface area contributed by atoms with Gasteiger partial charge in [0.2, 0.25) is 5.91 Å². The largest absolute Gasteiger partial charge is 0.480 e. The first-order valence-electron chi connectivity index (χ1n) is 9.56. The van der Waals surface area contributed by atoms with Gasteiger partial charge in [-0.15, -0.1) is 11.3 Å². The van der Waals surface area contributed by atoms with Gasteiger partial charge >= 0.3 is 5.97 Å². The molecule has 0 aliphatic heterocycles. The minimum absolute atomic E-state index is 0.156. The molecule has 1 aromatic carbocycles. The molecule has 152 valence electrons. The molecule has 0 radical (unpaired) electrons. The van der Waals surface area contributed by atoms with Crippen LogP contribution in [0.4, 0.5) is 5.82 Å². The minimum atomic E-state index is -1.01. The number of anilines is 1. The van der Waals surface area contributed by atoms with Crippen molar-refractivity contribution in [3.05, 3.63) is 41.5 Å². The lowest BCUT2D eigenvalue weighted by molar-refractivity contribution is -0.142. The average Bonchev–Trinajstić information content (AvgIpc) is 3.05. The number of nitrogens with zero attached hydrogens (tertiary/aromatic N) is 2. The number of benzene rings is 1. The second-order valence-electron chi connectivity index (χ2n) is 6.73. The van der Waals surface area contributed by atoms with E-state index in [0.29, 0.717) is 25.2 Å². The Balaban J connectivity index is 1.74. The molecular formula is C21H24N4O3S. The zero-order valence-electron chi connectivity index (χ0n) is 16.4. The lowest BCUT2D eigenvalue weighted by Crippen LogP contribution is -2.41. The molecule has 2 aromatic heterocycles. The van der Waals surface area contributed by atoms with Crippen LogP contribution < -0.4 is 10.6 Å². The van der Waals surface area contributed by atoms with Crippen molar-refractivity contribution < 1.29 is 14.7 Å². The van der Waals surface area contributed by atoms with Crippen molar-refractivity contribution in [2.45, 2.75) is 39.2 Å². The van der Waals surface area contributed by atoms with Crippen molar-refractivity contribution in [3.63, 3.8) is 0 Å². The second-order valence-corrected chi connectivity index (χ2v) is 7.93.